The Bertz CT molecular complexity index is 815. The van der Waals surface area contributed by atoms with E-state index in [9.17, 15) is 4.79 Å². The van der Waals surface area contributed by atoms with Crippen molar-refractivity contribution < 1.29 is 9.69 Å². The highest BCUT2D eigenvalue weighted by Gasteiger charge is 2.39. The first-order valence-corrected chi connectivity index (χ1v) is 11.2. The third-order valence-electron chi connectivity index (χ3n) is 7.26. The Kier molecular flexibility index (Phi) is 5.24. The highest BCUT2D eigenvalue weighted by atomic mass is 16.2. The molecule has 1 amide bonds. The molecule has 1 N–H and O–H groups in total. The van der Waals surface area contributed by atoms with E-state index in [0.717, 1.165) is 55.1 Å². The summed E-state index contributed by atoms with van der Waals surface area (Å²) in [6.07, 6.45) is 7.67. The van der Waals surface area contributed by atoms with Crippen LogP contribution in [0.25, 0.3) is 0 Å². The van der Waals surface area contributed by atoms with Gasteiger partial charge in [0.05, 0.1) is 38.6 Å². The molecule has 1 saturated heterocycles. The summed E-state index contributed by atoms with van der Waals surface area (Å²) >= 11 is 0. The zero-order valence-corrected chi connectivity index (χ0v) is 17.0. The summed E-state index contributed by atoms with van der Waals surface area (Å²) < 4.78 is 0. The standard InChI is InChI=1S/C26H30N2O/c29-26(25(21-7-3-1-4-8-21)22-9-5-2-6-10-22)28-15-13-27(14-16-28)19-24-18-20-11-12-23(24)17-20/h1-12,20,23-25H,13-19H2/p+1/t20-,23-,24+/m0/s1. The Morgan fingerprint density at radius 2 is 1.52 bits per heavy atom. The van der Waals surface area contributed by atoms with Crippen molar-refractivity contribution in [3.8, 4) is 0 Å². The van der Waals surface area contributed by atoms with Gasteiger partial charge in [-0.25, -0.2) is 0 Å². The van der Waals surface area contributed by atoms with Gasteiger partial charge in [-0.1, -0.05) is 72.8 Å². The van der Waals surface area contributed by atoms with Crippen molar-refractivity contribution in [2.45, 2.75) is 18.8 Å². The van der Waals surface area contributed by atoms with Crippen LogP contribution < -0.4 is 4.90 Å². The highest BCUT2D eigenvalue weighted by molar-refractivity contribution is 5.87. The summed E-state index contributed by atoms with van der Waals surface area (Å²) in [5.41, 5.74) is 2.18. The second-order valence-corrected chi connectivity index (χ2v) is 9.07. The number of quaternary nitrogens is 1. The van der Waals surface area contributed by atoms with Crippen molar-refractivity contribution in [3.63, 3.8) is 0 Å². The van der Waals surface area contributed by atoms with Crippen LogP contribution in [0.5, 0.6) is 0 Å². The van der Waals surface area contributed by atoms with E-state index in [4.69, 9.17) is 0 Å². The molecule has 3 nitrogen and oxygen atoms in total. The number of carbonyl (C=O) groups is 1. The molecule has 3 atom stereocenters. The Morgan fingerprint density at radius 3 is 2.03 bits per heavy atom. The topological polar surface area (TPSA) is 24.8 Å². The maximum absolute atomic E-state index is 13.6. The van der Waals surface area contributed by atoms with E-state index in [1.54, 1.807) is 4.90 Å². The van der Waals surface area contributed by atoms with Gasteiger partial charge in [0.25, 0.3) is 0 Å². The van der Waals surface area contributed by atoms with Crippen molar-refractivity contribution in [1.29, 1.82) is 0 Å². The third kappa shape index (κ3) is 3.89. The second-order valence-electron chi connectivity index (χ2n) is 9.07. The summed E-state index contributed by atoms with van der Waals surface area (Å²) in [5, 5.41) is 0. The average molecular weight is 388 g/mol. The summed E-state index contributed by atoms with van der Waals surface area (Å²) in [6, 6.07) is 20.5. The summed E-state index contributed by atoms with van der Waals surface area (Å²) in [5.74, 6) is 2.60. The lowest BCUT2D eigenvalue weighted by atomic mass is 9.89. The Morgan fingerprint density at radius 1 is 0.897 bits per heavy atom. The second kappa shape index (κ2) is 8.16. The maximum atomic E-state index is 13.6. The number of hydrogen-bond acceptors (Lipinski definition) is 1. The monoisotopic (exact) mass is 387 g/mol. The van der Waals surface area contributed by atoms with Crippen LogP contribution in [0.1, 0.15) is 29.9 Å². The highest BCUT2D eigenvalue weighted by Crippen LogP contribution is 2.42. The molecule has 1 heterocycles. The lowest BCUT2D eigenvalue weighted by Gasteiger charge is -2.36. The number of nitrogens with zero attached hydrogens (tertiary/aromatic N) is 1. The summed E-state index contributed by atoms with van der Waals surface area (Å²) in [7, 11) is 0. The normalized spacial score (nSPS) is 26.4. The van der Waals surface area contributed by atoms with Gasteiger partial charge >= 0.3 is 0 Å². The molecule has 3 aliphatic rings. The molecule has 29 heavy (non-hydrogen) atoms. The van der Waals surface area contributed by atoms with Crippen molar-refractivity contribution in [2.24, 2.45) is 17.8 Å². The van der Waals surface area contributed by atoms with E-state index in [2.05, 4.69) is 41.3 Å². The van der Waals surface area contributed by atoms with E-state index in [1.807, 2.05) is 36.4 Å². The van der Waals surface area contributed by atoms with Crippen LogP contribution in [0.15, 0.2) is 72.8 Å². The van der Waals surface area contributed by atoms with Crippen LogP contribution in [-0.4, -0.2) is 43.5 Å². The molecule has 2 aromatic carbocycles. The van der Waals surface area contributed by atoms with Gasteiger partial charge in [0, 0.05) is 5.92 Å². The quantitative estimate of drug-likeness (QED) is 0.784. The minimum Gasteiger partial charge on any atom is -0.332 e. The van der Waals surface area contributed by atoms with Crippen molar-refractivity contribution in [3.05, 3.63) is 83.9 Å². The number of allylic oxidation sites excluding steroid dienone is 2. The smallest absolute Gasteiger partial charge is 0.234 e. The number of rotatable bonds is 5. The molecule has 150 valence electrons. The van der Waals surface area contributed by atoms with Gasteiger partial charge in [0.2, 0.25) is 5.91 Å². The lowest BCUT2D eigenvalue weighted by molar-refractivity contribution is -0.907. The van der Waals surface area contributed by atoms with E-state index in [0.29, 0.717) is 0 Å². The van der Waals surface area contributed by atoms with Crippen molar-refractivity contribution in [1.82, 2.24) is 4.90 Å². The Hall–Kier alpha value is -2.39. The predicted octanol–water partition coefficient (Wildman–Crippen LogP) is 2.76. The number of amides is 1. The fourth-order valence-electron chi connectivity index (χ4n) is 5.70. The first-order valence-electron chi connectivity index (χ1n) is 11.2. The molecule has 2 aromatic rings. The van der Waals surface area contributed by atoms with Crippen LogP contribution in [-0.2, 0) is 4.79 Å². The number of fused-ring (bicyclic) bond motifs is 2. The molecule has 0 unspecified atom stereocenters. The van der Waals surface area contributed by atoms with Gasteiger partial charge in [-0.2, -0.15) is 0 Å². The van der Waals surface area contributed by atoms with Crippen molar-refractivity contribution >= 4 is 5.91 Å². The van der Waals surface area contributed by atoms with Crippen LogP contribution in [0.3, 0.4) is 0 Å². The van der Waals surface area contributed by atoms with E-state index in [-0.39, 0.29) is 11.8 Å². The van der Waals surface area contributed by atoms with E-state index >= 15 is 0 Å². The largest absolute Gasteiger partial charge is 0.332 e. The Labute approximate surface area is 174 Å². The number of piperazine rings is 1. The first kappa shape index (κ1) is 18.6. The first-order chi connectivity index (χ1) is 14.3. The number of hydrogen-bond donors (Lipinski definition) is 1. The minimum absolute atomic E-state index is 0.199. The molecule has 1 aliphatic heterocycles. The Balaban J connectivity index is 1.25. The SMILES string of the molecule is O=C(C(c1ccccc1)c1ccccc1)N1CC[NH+](C[C@H]2C[C@H]3C=C[C@H]2C3)CC1. The van der Waals surface area contributed by atoms with Gasteiger partial charge in [0.1, 0.15) is 0 Å². The van der Waals surface area contributed by atoms with Gasteiger partial charge in [0.15, 0.2) is 0 Å². The van der Waals surface area contributed by atoms with Gasteiger partial charge in [-0.3, -0.25) is 4.79 Å². The fraction of sp³-hybridized carbons (Fsp3) is 0.423. The number of nitrogens with one attached hydrogen (secondary N) is 1. The van der Waals surface area contributed by atoms with Gasteiger partial charge < -0.3 is 9.80 Å². The zero-order valence-electron chi connectivity index (χ0n) is 17.0. The molecule has 2 aliphatic carbocycles. The van der Waals surface area contributed by atoms with Gasteiger partial charge in [-0.15, -0.1) is 0 Å². The van der Waals surface area contributed by atoms with E-state index in [1.165, 1.54) is 19.4 Å². The molecule has 0 radical (unpaired) electrons. The predicted molar refractivity (Wildman–Crippen MR) is 116 cm³/mol. The number of benzene rings is 2. The van der Waals surface area contributed by atoms with Crippen LogP contribution in [0, 0.1) is 17.8 Å². The molecule has 3 heteroatoms. The molecule has 2 fully saturated rings. The number of carbonyl (C=O) groups excluding carboxylic acids is 1. The molecule has 5 rings (SSSR count). The maximum Gasteiger partial charge on any atom is 0.234 e. The van der Waals surface area contributed by atoms with Crippen molar-refractivity contribution in [2.75, 3.05) is 32.7 Å². The molecule has 2 bridgehead atoms. The summed E-state index contributed by atoms with van der Waals surface area (Å²) in [6.45, 7) is 5.20. The molecular weight excluding hydrogens is 356 g/mol. The van der Waals surface area contributed by atoms with Gasteiger partial charge in [-0.05, 0) is 35.8 Å². The molecule has 0 spiro atoms. The summed E-state index contributed by atoms with van der Waals surface area (Å²) in [4.78, 5) is 17.4. The zero-order chi connectivity index (χ0) is 19.6. The molecule has 1 saturated carbocycles. The van der Waals surface area contributed by atoms with Crippen LogP contribution >= 0.6 is 0 Å². The lowest BCUT2D eigenvalue weighted by Crippen LogP contribution is -3.15. The molecule has 0 aromatic heterocycles. The van der Waals surface area contributed by atoms with Crippen LogP contribution in [0.2, 0.25) is 0 Å². The average Bonchev–Trinajstić information content (AvgIpc) is 3.39. The third-order valence-corrected chi connectivity index (χ3v) is 7.26. The van der Waals surface area contributed by atoms with Crippen LogP contribution in [0.4, 0.5) is 0 Å². The minimum atomic E-state index is -0.199. The molecular formula is C26H31N2O+. The van der Waals surface area contributed by atoms with E-state index < -0.39 is 0 Å². The fourth-order valence-corrected chi connectivity index (χ4v) is 5.70.